The summed E-state index contributed by atoms with van der Waals surface area (Å²) in [5, 5.41) is 0. The molecule has 0 amide bonds. The molecule has 0 fully saturated rings. The molecular formula is C23H48O9. The van der Waals surface area contributed by atoms with Crippen LogP contribution in [0.4, 0.5) is 0 Å². The smallest absolute Gasteiger partial charge is 0.0701 e. The van der Waals surface area contributed by atoms with Gasteiger partial charge in [-0.15, -0.1) is 0 Å². The highest BCUT2D eigenvalue weighted by Gasteiger charge is 1.95. The molecule has 0 aliphatic carbocycles. The van der Waals surface area contributed by atoms with E-state index in [-0.39, 0.29) is 0 Å². The lowest BCUT2D eigenvalue weighted by atomic mass is 10.3. The van der Waals surface area contributed by atoms with Crippen LogP contribution in [0.5, 0.6) is 0 Å². The third-order valence-electron chi connectivity index (χ3n) is 4.07. The summed E-state index contributed by atoms with van der Waals surface area (Å²) in [5.41, 5.74) is 0. The van der Waals surface area contributed by atoms with Gasteiger partial charge in [0.2, 0.25) is 0 Å². The third kappa shape index (κ3) is 29.6. The highest BCUT2D eigenvalue weighted by molar-refractivity contribution is 4.39. The Morgan fingerprint density at radius 2 is 0.531 bits per heavy atom. The second-order valence-electron chi connectivity index (χ2n) is 6.80. The summed E-state index contributed by atoms with van der Waals surface area (Å²) < 4.78 is 48.6. The molecule has 9 heteroatoms. The van der Waals surface area contributed by atoms with E-state index in [1.54, 1.807) is 0 Å². The Hall–Kier alpha value is -0.360. The molecule has 0 radical (unpaired) electrons. The molecule has 0 saturated carbocycles. The van der Waals surface area contributed by atoms with Crippen molar-refractivity contribution in [3.05, 3.63) is 0 Å². The van der Waals surface area contributed by atoms with Gasteiger partial charge in [-0.05, 0) is 13.3 Å². The molecule has 0 aromatic rings. The maximum Gasteiger partial charge on any atom is 0.0701 e. The normalized spacial score (nSPS) is 11.4. The molecule has 0 aliphatic rings. The number of hydrogen-bond acceptors (Lipinski definition) is 9. The molecule has 0 aromatic heterocycles. The topological polar surface area (TPSA) is 83.1 Å². The number of ether oxygens (including phenoxy) is 9. The monoisotopic (exact) mass is 468 g/mol. The van der Waals surface area contributed by atoms with E-state index in [1.807, 2.05) is 6.92 Å². The molecule has 0 N–H and O–H groups in total. The Morgan fingerprint density at radius 3 is 0.781 bits per heavy atom. The summed E-state index contributed by atoms with van der Waals surface area (Å²) in [7, 11) is 0. The average molecular weight is 469 g/mol. The largest absolute Gasteiger partial charge is 0.379 e. The van der Waals surface area contributed by atoms with E-state index in [9.17, 15) is 0 Å². The van der Waals surface area contributed by atoms with Gasteiger partial charge in [0.05, 0.1) is 106 Å². The van der Waals surface area contributed by atoms with Crippen LogP contribution in [0.15, 0.2) is 0 Å². The van der Waals surface area contributed by atoms with Crippen molar-refractivity contribution in [3.8, 4) is 0 Å². The zero-order chi connectivity index (χ0) is 23.2. The molecular weight excluding hydrogens is 420 g/mol. The van der Waals surface area contributed by atoms with E-state index in [4.69, 9.17) is 42.6 Å². The molecule has 0 atom stereocenters. The predicted octanol–water partition coefficient (Wildman–Crippen LogP) is 2.35. The molecule has 0 aromatic carbocycles. The zero-order valence-corrected chi connectivity index (χ0v) is 20.5. The van der Waals surface area contributed by atoms with E-state index in [0.29, 0.717) is 106 Å². The van der Waals surface area contributed by atoms with Gasteiger partial charge in [0.15, 0.2) is 0 Å². The summed E-state index contributed by atoms with van der Waals surface area (Å²) in [4.78, 5) is 0. The lowest BCUT2D eigenvalue weighted by molar-refractivity contribution is -0.0248. The average Bonchev–Trinajstić information content (AvgIpc) is 2.81. The summed E-state index contributed by atoms with van der Waals surface area (Å²) in [6, 6.07) is 0. The summed E-state index contributed by atoms with van der Waals surface area (Å²) in [6.45, 7) is 14.8. The molecule has 0 heterocycles. The lowest BCUT2D eigenvalue weighted by Crippen LogP contribution is -2.15. The Labute approximate surface area is 195 Å². The Kier molecular flexibility index (Phi) is 30.3. The minimum atomic E-state index is 0.542. The third-order valence-corrected chi connectivity index (χ3v) is 4.07. The van der Waals surface area contributed by atoms with Crippen LogP contribution in [0, 0.1) is 0 Å². The van der Waals surface area contributed by atoms with E-state index < -0.39 is 0 Å². The highest BCUT2D eigenvalue weighted by atomic mass is 16.6. The van der Waals surface area contributed by atoms with Crippen LogP contribution >= 0.6 is 0 Å². The van der Waals surface area contributed by atoms with Crippen molar-refractivity contribution in [2.75, 3.05) is 119 Å². The van der Waals surface area contributed by atoms with Crippen LogP contribution in [0.25, 0.3) is 0 Å². The van der Waals surface area contributed by atoms with Crippen LogP contribution in [0.1, 0.15) is 33.1 Å². The lowest BCUT2D eigenvalue weighted by Gasteiger charge is -2.08. The second kappa shape index (κ2) is 30.6. The fourth-order valence-corrected chi connectivity index (χ4v) is 2.36. The van der Waals surface area contributed by atoms with Crippen molar-refractivity contribution in [2.24, 2.45) is 0 Å². The second-order valence-corrected chi connectivity index (χ2v) is 6.80. The summed E-state index contributed by atoms with van der Waals surface area (Å²) in [6.07, 6.45) is 3.56. The number of hydrogen-bond donors (Lipinski definition) is 0. The SMILES string of the molecule is CCCCCOCCOCCOCCOCCOCCOCCOCCOCCOCC. The predicted molar refractivity (Wildman–Crippen MR) is 123 cm³/mol. The first-order valence-corrected chi connectivity index (χ1v) is 12.1. The Balaban J connectivity index is 2.98. The van der Waals surface area contributed by atoms with Gasteiger partial charge in [-0.3, -0.25) is 0 Å². The van der Waals surface area contributed by atoms with Crippen LogP contribution < -0.4 is 0 Å². The molecule has 9 nitrogen and oxygen atoms in total. The van der Waals surface area contributed by atoms with Crippen molar-refractivity contribution in [1.29, 1.82) is 0 Å². The van der Waals surface area contributed by atoms with Gasteiger partial charge in [0.1, 0.15) is 0 Å². The van der Waals surface area contributed by atoms with Crippen LogP contribution in [0.2, 0.25) is 0 Å². The fraction of sp³-hybridized carbons (Fsp3) is 1.00. The number of rotatable bonds is 29. The van der Waals surface area contributed by atoms with Crippen LogP contribution in [-0.4, -0.2) is 119 Å². The van der Waals surface area contributed by atoms with Gasteiger partial charge in [-0.1, -0.05) is 19.8 Å². The maximum absolute atomic E-state index is 5.47. The van der Waals surface area contributed by atoms with Gasteiger partial charge >= 0.3 is 0 Å². The first-order valence-electron chi connectivity index (χ1n) is 12.1. The molecule has 0 rings (SSSR count). The molecule has 0 saturated heterocycles. The maximum atomic E-state index is 5.47. The first kappa shape index (κ1) is 31.6. The van der Waals surface area contributed by atoms with Crippen molar-refractivity contribution in [1.82, 2.24) is 0 Å². The first-order chi connectivity index (χ1) is 15.9. The highest BCUT2D eigenvalue weighted by Crippen LogP contribution is 1.94. The minimum absolute atomic E-state index is 0.542. The molecule has 32 heavy (non-hydrogen) atoms. The standard InChI is InChI=1S/C23H48O9/c1-3-5-6-7-25-10-11-27-14-15-29-18-19-31-22-23-32-21-20-30-17-16-28-13-12-26-9-8-24-4-2/h3-23H2,1-2H3. The molecule has 0 bridgehead atoms. The van der Waals surface area contributed by atoms with E-state index in [0.717, 1.165) is 19.6 Å². The number of unbranched alkanes of at least 4 members (excludes halogenated alkanes) is 2. The van der Waals surface area contributed by atoms with Gasteiger partial charge < -0.3 is 42.6 Å². The van der Waals surface area contributed by atoms with Crippen LogP contribution in [-0.2, 0) is 42.6 Å². The van der Waals surface area contributed by atoms with Gasteiger partial charge in [-0.25, -0.2) is 0 Å². The van der Waals surface area contributed by atoms with Crippen molar-refractivity contribution >= 4 is 0 Å². The molecule has 0 spiro atoms. The van der Waals surface area contributed by atoms with E-state index in [2.05, 4.69) is 6.92 Å². The van der Waals surface area contributed by atoms with Crippen molar-refractivity contribution in [2.45, 2.75) is 33.1 Å². The Bertz CT molecular complexity index is 292. The van der Waals surface area contributed by atoms with Gasteiger partial charge in [0.25, 0.3) is 0 Å². The van der Waals surface area contributed by atoms with E-state index in [1.165, 1.54) is 12.8 Å². The molecule has 0 aliphatic heterocycles. The molecule has 0 unspecified atom stereocenters. The summed E-state index contributed by atoms with van der Waals surface area (Å²) >= 11 is 0. The quantitative estimate of drug-likeness (QED) is 0.154. The van der Waals surface area contributed by atoms with Crippen molar-refractivity contribution in [3.63, 3.8) is 0 Å². The van der Waals surface area contributed by atoms with Crippen LogP contribution in [0.3, 0.4) is 0 Å². The van der Waals surface area contributed by atoms with Crippen molar-refractivity contribution < 1.29 is 42.6 Å². The van der Waals surface area contributed by atoms with Gasteiger partial charge in [-0.2, -0.15) is 0 Å². The zero-order valence-electron chi connectivity index (χ0n) is 20.5. The Morgan fingerprint density at radius 1 is 0.281 bits per heavy atom. The molecule has 194 valence electrons. The van der Waals surface area contributed by atoms with E-state index >= 15 is 0 Å². The minimum Gasteiger partial charge on any atom is -0.379 e. The summed E-state index contributed by atoms with van der Waals surface area (Å²) in [5.74, 6) is 0. The fourth-order valence-electron chi connectivity index (χ4n) is 2.36. The van der Waals surface area contributed by atoms with Gasteiger partial charge in [0, 0.05) is 13.2 Å².